The molecule has 0 aromatic heterocycles. The summed E-state index contributed by atoms with van der Waals surface area (Å²) in [6.45, 7) is 7.66. The lowest BCUT2D eigenvalue weighted by molar-refractivity contribution is 0.0665. The number of rotatable bonds is 7. The van der Waals surface area contributed by atoms with Crippen molar-refractivity contribution in [2.24, 2.45) is 11.3 Å². The molecule has 2 rings (SSSR count). The predicted molar refractivity (Wildman–Crippen MR) is 109 cm³/mol. The van der Waals surface area contributed by atoms with Crippen molar-refractivity contribution in [2.45, 2.75) is 59.0 Å². The monoisotopic (exact) mass is 464 g/mol. The van der Waals surface area contributed by atoms with Crippen LogP contribution in [0.25, 0.3) is 0 Å². The third-order valence-electron chi connectivity index (χ3n) is 4.81. The number of benzene rings is 1. The van der Waals surface area contributed by atoms with Crippen molar-refractivity contribution >= 4 is 31.2 Å². The predicted octanol–water partition coefficient (Wildman–Crippen LogP) is 6.35. The van der Waals surface area contributed by atoms with Crippen LogP contribution in [0, 0.1) is 14.9 Å². The third-order valence-corrected chi connectivity index (χ3v) is 7.02. The van der Waals surface area contributed by atoms with E-state index in [1.807, 2.05) is 0 Å². The van der Waals surface area contributed by atoms with Crippen LogP contribution in [0.3, 0.4) is 0 Å². The molecular weight excluding hydrogens is 434 g/mol. The molecule has 1 aliphatic carbocycles. The van der Waals surface area contributed by atoms with Crippen LogP contribution in [0.2, 0.25) is 0 Å². The van der Waals surface area contributed by atoms with E-state index in [0.717, 1.165) is 25.2 Å². The molecule has 1 unspecified atom stereocenters. The first-order chi connectivity index (χ1) is 11.4. The lowest BCUT2D eigenvalue weighted by Gasteiger charge is -2.37. The van der Waals surface area contributed by atoms with E-state index in [1.54, 1.807) is 7.11 Å². The fourth-order valence-electron chi connectivity index (χ4n) is 3.21. The molecule has 1 atom stereocenters. The Morgan fingerprint density at radius 2 is 1.79 bits per heavy atom. The Morgan fingerprint density at radius 3 is 2.38 bits per heavy atom. The van der Waals surface area contributed by atoms with Crippen LogP contribution in [-0.2, 0) is 20.0 Å². The van der Waals surface area contributed by atoms with Gasteiger partial charge in [0.2, 0.25) is 0 Å². The molecule has 0 aliphatic heterocycles. The van der Waals surface area contributed by atoms with Gasteiger partial charge in [-0.2, -0.15) is 0 Å². The Bertz CT molecular complexity index is 496. The molecule has 0 N–H and O–H groups in total. The zero-order valence-electron chi connectivity index (χ0n) is 15.3. The van der Waals surface area contributed by atoms with Crippen molar-refractivity contribution in [1.82, 2.24) is 0 Å². The summed E-state index contributed by atoms with van der Waals surface area (Å²) >= 11 is 2.37. The topological polar surface area (TPSA) is 27.7 Å². The van der Waals surface area contributed by atoms with Crippen molar-refractivity contribution < 1.29 is 13.6 Å². The van der Waals surface area contributed by atoms with Crippen molar-refractivity contribution in [2.75, 3.05) is 13.7 Å². The molecule has 0 amide bonds. The highest BCUT2D eigenvalue weighted by Crippen LogP contribution is 2.45. The number of halogens is 1. The van der Waals surface area contributed by atoms with E-state index in [1.165, 1.54) is 22.0 Å². The van der Waals surface area contributed by atoms with Gasteiger partial charge in [0.15, 0.2) is 0 Å². The molecule has 3 nitrogen and oxygen atoms in total. The molecule has 1 aromatic rings. The molecular formula is C19H30IO3P. The summed E-state index contributed by atoms with van der Waals surface area (Å²) in [5, 5.41) is 0. The molecule has 0 saturated heterocycles. The van der Waals surface area contributed by atoms with E-state index < -0.39 is 8.60 Å². The van der Waals surface area contributed by atoms with E-state index in [4.69, 9.17) is 13.6 Å². The molecule has 1 saturated carbocycles. The van der Waals surface area contributed by atoms with Crippen molar-refractivity contribution in [3.05, 3.63) is 33.4 Å². The summed E-state index contributed by atoms with van der Waals surface area (Å²) in [7, 11) is 0.447. The zero-order chi connectivity index (χ0) is 17.6. The fourth-order valence-corrected chi connectivity index (χ4v) is 4.82. The average Bonchev–Trinajstić information content (AvgIpc) is 2.55. The van der Waals surface area contributed by atoms with Crippen LogP contribution in [0.4, 0.5) is 0 Å². The van der Waals surface area contributed by atoms with Gasteiger partial charge in [0.1, 0.15) is 0 Å². The first-order valence-electron chi connectivity index (χ1n) is 8.77. The number of hydrogen-bond donors (Lipinski definition) is 0. The molecule has 1 aromatic carbocycles. The summed E-state index contributed by atoms with van der Waals surface area (Å²) in [5.74, 6) is 0.798. The smallest absolute Gasteiger partial charge is 0.316 e. The first kappa shape index (κ1) is 20.6. The molecule has 0 spiro atoms. The summed E-state index contributed by atoms with van der Waals surface area (Å²) in [5.41, 5.74) is 1.72. The normalized spacial score (nSPS) is 23.2. The Hall–Kier alpha value is 0.260. The standard InChI is InChI=1S/C19H30IO3P/c1-19(2,3)16-9-11-17(12-10-16)23-24(21-4)22-14-13-15-7-5-6-8-18(15)20/h5-8,16-17H,9-14H2,1-4H3. The molecule has 136 valence electrons. The minimum absolute atomic E-state index is 0.284. The fraction of sp³-hybridized carbons (Fsp3) is 0.684. The van der Waals surface area contributed by atoms with Crippen molar-refractivity contribution in [3.8, 4) is 0 Å². The quantitative estimate of drug-likeness (QED) is 0.348. The lowest BCUT2D eigenvalue weighted by atomic mass is 9.72. The van der Waals surface area contributed by atoms with Gasteiger partial charge >= 0.3 is 8.60 Å². The molecule has 0 radical (unpaired) electrons. The van der Waals surface area contributed by atoms with Crippen LogP contribution in [0.15, 0.2) is 24.3 Å². The minimum atomic E-state index is -1.23. The van der Waals surface area contributed by atoms with Crippen LogP contribution in [-0.4, -0.2) is 19.8 Å². The summed E-state index contributed by atoms with van der Waals surface area (Å²) in [4.78, 5) is 0. The largest absolute Gasteiger partial charge is 0.332 e. The Balaban J connectivity index is 1.72. The van der Waals surface area contributed by atoms with Crippen LogP contribution in [0.1, 0.15) is 52.0 Å². The van der Waals surface area contributed by atoms with Crippen LogP contribution >= 0.6 is 31.2 Å². The maximum atomic E-state index is 6.09. The first-order valence-corrected chi connectivity index (χ1v) is 10.9. The molecule has 1 fully saturated rings. The van der Waals surface area contributed by atoms with Gasteiger partial charge in [0.25, 0.3) is 0 Å². The van der Waals surface area contributed by atoms with Gasteiger partial charge in [-0.15, -0.1) is 0 Å². The van der Waals surface area contributed by atoms with Crippen LogP contribution in [0.5, 0.6) is 0 Å². The van der Waals surface area contributed by atoms with Gasteiger partial charge in [-0.1, -0.05) is 39.0 Å². The second-order valence-corrected chi connectivity index (χ2v) is 9.97. The maximum Gasteiger partial charge on any atom is 0.332 e. The molecule has 0 heterocycles. The van der Waals surface area contributed by atoms with E-state index in [0.29, 0.717) is 12.0 Å². The summed E-state index contributed by atoms with van der Waals surface area (Å²) < 4.78 is 18.7. The molecule has 0 bridgehead atoms. The van der Waals surface area contributed by atoms with Gasteiger partial charge in [0.05, 0.1) is 12.7 Å². The summed E-state index contributed by atoms with van der Waals surface area (Å²) in [6, 6.07) is 8.40. The van der Waals surface area contributed by atoms with E-state index in [2.05, 4.69) is 67.6 Å². The van der Waals surface area contributed by atoms with Gasteiger partial charge in [-0.3, -0.25) is 0 Å². The third kappa shape index (κ3) is 6.53. The Kier molecular flexibility index (Phi) is 8.42. The molecule has 5 heteroatoms. The van der Waals surface area contributed by atoms with Crippen molar-refractivity contribution in [3.63, 3.8) is 0 Å². The average molecular weight is 464 g/mol. The Labute approximate surface area is 162 Å². The van der Waals surface area contributed by atoms with E-state index >= 15 is 0 Å². The lowest BCUT2D eigenvalue weighted by Crippen LogP contribution is -2.28. The van der Waals surface area contributed by atoms with Gasteiger partial charge in [-0.25, -0.2) is 0 Å². The number of hydrogen-bond acceptors (Lipinski definition) is 3. The van der Waals surface area contributed by atoms with Gasteiger partial charge < -0.3 is 13.6 Å². The highest BCUT2D eigenvalue weighted by molar-refractivity contribution is 14.1. The second-order valence-electron chi connectivity index (χ2n) is 7.53. The van der Waals surface area contributed by atoms with E-state index in [9.17, 15) is 0 Å². The molecule has 1 aliphatic rings. The van der Waals surface area contributed by atoms with Crippen LogP contribution < -0.4 is 0 Å². The zero-order valence-corrected chi connectivity index (χ0v) is 18.3. The summed E-state index contributed by atoms with van der Waals surface area (Å²) in [6.07, 6.45) is 5.88. The maximum absolute atomic E-state index is 6.09. The Morgan fingerprint density at radius 1 is 1.12 bits per heavy atom. The SMILES string of the molecule is COP(OCCc1ccccc1I)OC1CCC(C(C)(C)C)CC1. The highest BCUT2D eigenvalue weighted by atomic mass is 127. The van der Waals surface area contributed by atoms with Gasteiger partial charge in [-0.05, 0) is 77.7 Å². The van der Waals surface area contributed by atoms with Crippen molar-refractivity contribution in [1.29, 1.82) is 0 Å². The molecule has 24 heavy (non-hydrogen) atoms. The van der Waals surface area contributed by atoms with Gasteiger partial charge in [0, 0.05) is 10.7 Å². The van der Waals surface area contributed by atoms with E-state index in [-0.39, 0.29) is 6.10 Å². The highest BCUT2D eigenvalue weighted by Gasteiger charge is 2.31. The minimum Gasteiger partial charge on any atom is -0.316 e. The second kappa shape index (κ2) is 9.82.